The molecule has 21 heavy (non-hydrogen) atoms. The minimum absolute atomic E-state index is 0.391. The Morgan fingerprint density at radius 3 is 3.00 bits per heavy atom. The van der Waals surface area contributed by atoms with Crippen molar-refractivity contribution in [1.29, 1.82) is 0 Å². The zero-order valence-electron chi connectivity index (χ0n) is 12.6. The average Bonchev–Trinajstić information content (AvgIpc) is 3.07. The first kappa shape index (κ1) is 14.2. The second-order valence-corrected chi connectivity index (χ2v) is 5.76. The van der Waals surface area contributed by atoms with Gasteiger partial charge in [-0.05, 0) is 32.2 Å². The lowest BCUT2D eigenvalue weighted by Crippen LogP contribution is -2.40. The molecule has 7 heteroatoms. The van der Waals surface area contributed by atoms with Crippen molar-refractivity contribution >= 4 is 17.6 Å². The fraction of sp³-hybridized carbons (Fsp3) is 0.714. The van der Waals surface area contributed by atoms with Crippen molar-refractivity contribution in [2.24, 2.45) is 5.92 Å². The van der Waals surface area contributed by atoms with Crippen molar-refractivity contribution in [1.82, 2.24) is 15.1 Å². The van der Waals surface area contributed by atoms with Gasteiger partial charge in [0.15, 0.2) is 5.82 Å². The minimum Gasteiger partial charge on any atom is -0.465 e. The number of rotatable bonds is 3. The number of nitrogens with zero attached hydrogens (tertiary/aromatic N) is 3. The third-order valence-corrected chi connectivity index (χ3v) is 4.56. The smallest absolute Gasteiger partial charge is 0.345 e. The predicted octanol–water partition coefficient (Wildman–Crippen LogP) is 0.460. The highest BCUT2D eigenvalue weighted by atomic mass is 16.5. The molecule has 2 unspecified atom stereocenters. The number of piperidine rings is 1. The Kier molecular flexibility index (Phi) is 3.75. The highest BCUT2D eigenvalue weighted by Gasteiger charge is 2.37. The van der Waals surface area contributed by atoms with Crippen molar-refractivity contribution in [3.8, 4) is 0 Å². The number of nitrogen functional groups attached to an aromatic ring is 1. The highest BCUT2D eigenvalue weighted by molar-refractivity contribution is 5.99. The number of carbonyl (C=O) groups excluding carboxylic acids is 1. The standard InChI is InChI=1S/C14H23N5O2/c1-3-19-12(15)11(14(20)21-2)13(17-19)18-7-9-5-4-6-16-10(9)8-18/h9-10,16H,3-8,15H2,1-2H3. The van der Waals surface area contributed by atoms with Crippen LogP contribution in [0.4, 0.5) is 11.6 Å². The molecule has 2 fully saturated rings. The fourth-order valence-corrected chi connectivity index (χ4v) is 3.44. The largest absolute Gasteiger partial charge is 0.465 e. The van der Waals surface area contributed by atoms with Crippen LogP contribution in [0.5, 0.6) is 0 Å². The zero-order chi connectivity index (χ0) is 15.0. The molecule has 2 aliphatic rings. The van der Waals surface area contributed by atoms with Gasteiger partial charge in [0.25, 0.3) is 0 Å². The number of methoxy groups -OCH3 is 1. The number of nitrogens with two attached hydrogens (primary N) is 1. The number of hydrogen-bond donors (Lipinski definition) is 2. The summed E-state index contributed by atoms with van der Waals surface area (Å²) in [5.41, 5.74) is 6.46. The van der Waals surface area contributed by atoms with E-state index in [1.165, 1.54) is 20.0 Å². The Morgan fingerprint density at radius 2 is 2.33 bits per heavy atom. The quantitative estimate of drug-likeness (QED) is 0.788. The van der Waals surface area contributed by atoms with Crippen LogP contribution in [0, 0.1) is 5.92 Å². The third kappa shape index (κ3) is 2.35. The van der Waals surface area contributed by atoms with E-state index in [0.29, 0.717) is 35.7 Å². The average molecular weight is 293 g/mol. The van der Waals surface area contributed by atoms with Crippen LogP contribution < -0.4 is 16.0 Å². The van der Waals surface area contributed by atoms with Crippen molar-refractivity contribution in [2.45, 2.75) is 32.4 Å². The van der Waals surface area contributed by atoms with Crippen LogP contribution in [0.2, 0.25) is 0 Å². The zero-order valence-corrected chi connectivity index (χ0v) is 12.6. The molecule has 0 radical (unpaired) electrons. The molecule has 3 rings (SSSR count). The van der Waals surface area contributed by atoms with Crippen LogP contribution in [0.3, 0.4) is 0 Å². The number of aromatic nitrogens is 2. The SMILES string of the molecule is CCn1nc(N2CC3CCCNC3C2)c(C(=O)OC)c1N. The Bertz CT molecular complexity index is 528. The van der Waals surface area contributed by atoms with Gasteiger partial charge in [0.1, 0.15) is 11.4 Å². The topological polar surface area (TPSA) is 85.4 Å². The summed E-state index contributed by atoms with van der Waals surface area (Å²) in [4.78, 5) is 14.2. The summed E-state index contributed by atoms with van der Waals surface area (Å²) in [6.07, 6.45) is 2.44. The molecule has 0 spiro atoms. The Labute approximate surface area is 124 Å². The molecule has 3 heterocycles. The van der Waals surface area contributed by atoms with Crippen LogP contribution in [-0.4, -0.2) is 48.5 Å². The lowest BCUT2D eigenvalue weighted by atomic mass is 9.94. The summed E-state index contributed by atoms with van der Waals surface area (Å²) in [7, 11) is 1.38. The van der Waals surface area contributed by atoms with E-state index < -0.39 is 5.97 Å². The molecule has 1 aromatic rings. The van der Waals surface area contributed by atoms with Gasteiger partial charge in [-0.2, -0.15) is 5.10 Å². The molecule has 0 amide bonds. The van der Waals surface area contributed by atoms with Gasteiger partial charge in [0.05, 0.1) is 7.11 Å². The van der Waals surface area contributed by atoms with Gasteiger partial charge in [-0.3, -0.25) is 0 Å². The maximum atomic E-state index is 12.1. The number of nitrogens with one attached hydrogen (secondary N) is 1. The van der Waals surface area contributed by atoms with E-state index in [1.807, 2.05) is 6.92 Å². The van der Waals surface area contributed by atoms with Crippen molar-refractivity contribution in [3.63, 3.8) is 0 Å². The fourth-order valence-electron chi connectivity index (χ4n) is 3.44. The molecule has 1 aromatic heterocycles. The van der Waals surface area contributed by atoms with E-state index in [-0.39, 0.29) is 0 Å². The number of anilines is 2. The van der Waals surface area contributed by atoms with E-state index >= 15 is 0 Å². The van der Waals surface area contributed by atoms with Crippen molar-refractivity contribution < 1.29 is 9.53 Å². The molecule has 2 aliphatic heterocycles. The summed E-state index contributed by atoms with van der Waals surface area (Å²) in [6, 6.07) is 0.484. The lowest BCUT2D eigenvalue weighted by Gasteiger charge is -2.24. The molecule has 0 saturated carbocycles. The molecule has 2 saturated heterocycles. The minimum atomic E-state index is -0.412. The van der Waals surface area contributed by atoms with Crippen molar-refractivity contribution in [2.75, 3.05) is 37.4 Å². The molecule has 0 aliphatic carbocycles. The van der Waals surface area contributed by atoms with Gasteiger partial charge >= 0.3 is 5.97 Å². The van der Waals surface area contributed by atoms with Crippen LogP contribution >= 0.6 is 0 Å². The second-order valence-electron chi connectivity index (χ2n) is 5.76. The number of carbonyl (C=O) groups is 1. The van der Waals surface area contributed by atoms with E-state index in [0.717, 1.165) is 19.6 Å². The first-order valence-corrected chi connectivity index (χ1v) is 7.58. The summed E-state index contributed by atoms with van der Waals surface area (Å²) in [5, 5.41) is 8.08. The van der Waals surface area contributed by atoms with Gasteiger partial charge in [-0.1, -0.05) is 0 Å². The summed E-state index contributed by atoms with van der Waals surface area (Å²) in [6.45, 7) is 5.45. The summed E-state index contributed by atoms with van der Waals surface area (Å²) >= 11 is 0. The van der Waals surface area contributed by atoms with Crippen molar-refractivity contribution in [3.05, 3.63) is 5.56 Å². The molecule has 2 atom stereocenters. The van der Waals surface area contributed by atoms with E-state index in [4.69, 9.17) is 10.5 Å². The van der Waals surface area contributed by atoms with Gasteiger partial charge in [0.2, 0.25) is 0 Å². The van der Waals surface area contributed by atoms with Gasteiger partial charge in [-0.25, -0.2) is 9.48 Å². The van der Waals surface area contributed by atoms with E-state index in [2.05, 4.69) is 15.3 Å². The van der Waals surface area contributed by atoms with E-state index in [1.54, 1.807) is 4.68 Å². The first-order chi connectivity index (χ1) is 10.2. The number of fused-ring (bicyclic) bond motifs is 1. The highest BCUT2D eigenvalue weighted by Crippen LogP contribution is 2.33. The molecule has 116 valence electrons. The predicted molar refractivity (Wildman–Crippen MR) is 80.4 cm³/mol. The number of hydrogen-bond acceptors (Lipinski definition) is 6. The second kappa shape index (κ2) is 5.55. The molecule has 3 N–H and O–H groups in total. The molecule has 7 nitrogen and oxygen atoms in total. The van der Waals surface area contributed by atoms with Crippen LogP contribution in [-0.2, 0) is 11.3 Å². The Hall–Kier alpha value is -1.76. The molecule has 0 bridgehead atoms. The molecule has 0 aromatic carbocycles. The van der Waals surface area contributed by atoms with Gasteiger partial charge in [0, 0.05) is 25.7 Å². The lowest BCUT2D eigenvalue weighted by molar-refractivity contribution is 0.0602. The van der Waals surface area contributed by atoms with Crippen LogP contribution in [0.1, 0.15) is 30.1 Å². The first-order valence-electron chi connectivity index (χ1n) is 7.58. The Balaban J connectivity index is 1.92. The molecular weight excluding hydrogens is 270 g/mol. The molecular formula is C14H23N5O2. The van der Waals surface area contributed by atoms with Crippen LogP contribution in [0.15, 0.2) is 0 Å². The van der Waals surface area contributed by atoms with Crippen LogP contribution in [0.25, 0.3) is 0 Å². The Morgan fingerprint density at radius 1 is 1.52 bits per heavy atom. The van der Waals surface area contributed by atoms with E-state index in [9.17, 15) is 4.79 Å². The maximum absolute atomic E-state index is 12.1. The summed E-state index contributed by atoms with van der Waals surface area (Å²) in [5.74, 6) is 1.27. The number of ether oxygens (including phenoxy) is 1. The monoisotopic (exact) mass is 293 g/mol. The van der Waals surface area contributed by atoms with Gasteiger partial charge < -0.3 is 20.7 Å². The number of esters is 1. The number of aryl methyl sites for hydroxylation is 1. The van der Waals surface area contributed by atoms with Gasteiger partial charge in [-0.15, -0.1) is 0 Å². The maximum Gasteiger partial charge on any atom is 0.345 e. The normalized spacial score (nSPS) is 25.0. The third-order valence-electron chi connectivity index (χ3n) is 4.56. The summed E-state index contributed by atoms with van der Waals surface area (Å²) < 4.78 is 6.54.